The summed E-state index contributed by atoms with van der Waals surface area (Å²) in [5.41, 5.74) is 7.55. The molecule has 1 aromatic rings. The molecule has 4 heteroatoms. The summed E-state index contributed by atoms with van der Waals surface area (Å²) in [6, 6.07) is 1.79. The zero-order valence-corrected chi connectivity index (χ0v) is 8.10. The van der Waals surface area contributed by atoms with Crippen LogP contribution in [-0.4, -0.2) is 17.4 Å². The topological polar surface area (TPSA) is 68.0 Å². The molecule has 0 unspecified atom stereocenters. The van der Waals surface area contributed by atoms with Crippen LogP contribution in [0, 0.1) is 0 Å². The van der Waals surface area contributed by atoms with E-state index >= 15 is 0 Å². The standard InChI is InChI=1S/C11H11N3O/c12-11(15)10-7-14-6-3-9(10)8-1-4-13-5-2-8/h1-4,6-7,13H,5H2,(H2,12,15). The second kappa shape index (κ2) is 3.96. The first-order valence-corrected chi connectivity index (χ1v) is 4.63. The lowest BCUT2D eigenvalue weighted by atomic mass is 10.00. The average molecular weight is 201 g/mol. The number of amides is 1. The van der Waals surface area contributed by atoms with Crippen LogP contribution < -0.4 is 11.1 Å². The molecule has 3 N–H and O–H groups in total. The molecule has 15 heavy (non-hydrogen) atoms. The van der Waals surface area contributed by atoms with Crippen LogP contribution in [0.1, 0.15) is 15.9 Å². The number of carbonyl (C=O) groups is 1. The second-order valence-corrected chi connectivity index (χ2v) is 3.19. The van der Waals surface area contributed by atoms with Crippen LogP contribution in [0.2, 0.25) is 0 Å². The Morgan fingerprint density at radius 1 is 1.53 bits per heavy atom. The van der Waals surface area contributed by atoms with Crippen molar-refractivity contribution in [2.45, 2.75) is 0 Å². The highest BCUT2D eigenvalue weighted by Crippen LogP contribution is 2.20. The molecule has 0 spiro atoms. The number of nitrogens with two attached hydrogens (primary N) is 1. The minimum absolute atomic E-state index is 0.453. The summed E-state index contributed by atoms with van der Waals surface area (Å²) in [5, 5.41) is 3.04. The molecule has 76 valence electrons. The van der Waals surface area contributed by atoms with Crippen molar-refractivity contribution in [2.24, 2.45) is 5.73 Å². The lowest BCUT2D eigenvalue weighted by Crippen LogP contribution is -2.15. The quantitative estimate of drug-likeness (QED) is 0.739. The Kier molecular flexibility index (Phi) is 2.49. The zero-order chi connectivity index (χ0) is 10.7. The van der Waals surface area contributed by atoms with Crippen molar-refractivity contribution < 1.29 is 4.79 Å². The van der Waals surface area contributed by atoms with Gasteiger partial charge in [-0.15, -0.1) is 0 Å². The van der Waals surface area contributed by atoms with Crippen molar-refractivity contribution in [1.82, 2.24) is 10.3 Å². The Bertz CT molecular complexity index is 449. The predicted octanol–water partition coefficient (Wildman–Crippen LogP) is 0.681. The highest BCUT2D eigenvalue weighted by molar-refractivity contribution is 5.98. The van der Waals surface area contributed by atoms with E-state index in [-0.39, 0.29) is 0 Å². The van der Waals surface area contributed by atoms with Crippen molar-refractivity contribution in [3.63, 3.8) is 0 Å². The molecule has 1 aromatic heterocycles. The van der Waals surface area contributed by atoms with Gasteiger partial charge in [-0.3, -0.25) is 9.78 Å². The summed E-state index contributed by atoms with van der Waals surface area (Å²) in [5.74, 6) is -0.453. The third-order valence-electron chi connectivity index (χ3n) is 2.22. The Balaban J connectivity index is 2.47. The van der Waals surface area contributed by atoms with Gasteiger partial charge in [0.25, 0.3) is 5.91 Å². The van der Waals surface area contributed by atoms with Gasteiger partial charge in [-0.25, -0.2) is 0 Å². The first-order chi connectivity index (χ1) is 7.29. The lowest BCUT2D eigenvalue weighted by molar-refractivity contribution is 0.0999. The van der Waals surface area contributed by atoms with E-state index in [0.29, 0.717) is 5.56 Å². The van der Waals surface area contributed by atoms with Gasteiger partial charge in [0.05, 0.1) is 5.56 Å². The minimum atomic E-state index is -0.453. The fraction of sp³-hybridized carbons (Fsp3) is 0.0909. The molecule has 0 saturated carbocycles. The van der Waals surface area contributed by atoms with Crippen LogP contribution in [0.25, 0.3) is 5.57 Å². The molecule has 0 atom stereocenters. The molecule has 1 aliphatic rings. The average Bonchev–Trinajstić information content (AvgIpc) is 2.30. The number of allylic oxidation sites excluding steroid dienone is 2. The number of pyridine rings is 1. The monoisotopic (exact) mass is 201 g/mol. The highest BCUT2D eigenvalue weighted by atomic mass is 16.1. The van der Waals surface area contributed by atoms with Gasteiger partial charge in [-0.2, -0.15) is 0 Å². The number of hydrogen-bond donors (Lipinski definition) is 2. The molecular formula is C11H11N3O. The number of rotatable bonds is 2. The predicted molar refractivity (Wildman–Crippen MR) is 57.9 cm³/mol. The van der Waals surface area contributed by atoms with Gasteiger partial charge in [0.15, 0.2) is 0 Å². The molecule has 4 nitrogen and oxygen atoms in total. The van der Waals surface area contributed by atoms with Crippen molar-refractivity contribution in [2.75, 3.05) is 6.54 Å². The summed E-state index contributed by atoms with van der Waals surface area (Å²) < 4.78 is 0. The van der Waals surface area contributed by atoms with E-state index in [1.807, 2.05) is 18.4 Å². The summed E-state index contributed by atoms with van der Waals surface area (Å²) in [4.78, 5) is 15.1. The van der Waals surface area contributed by atoms with E-state index in [0.717, 1.165) is 17.7 Å². The van der Waals surface area contributed by atoms with E-state index in [1.165, 1.54) is 6.20 Å². The summed E-state index contributed by atoms with van der Waals surface area (Å²) in [7, 11) is 0. The van der Waals surface area contributed by atoms with E-state index in [1.54, 1.807) is 12.3 Å². The van der Waals surface area contributed by atoms with Crippen LogP contribution in [0.15, 0.2) is 36.8 Å². The van der Waals surface area contributed by atoms with Gasteiger partial charge in [0, 0.05) is 18.9 Å². The Hall–Kier alpha value is -2.10. The molecular weight excluding hydrogens is 190 g/mol. The molecule has 0 aliphatic carbocycles. The largest absolute Gasteiger partial charge is 0.387 e. The smallest absolute Gasteiger partial charge is 0.250 e. The first-order valence-electron chi connectivity index (χ1n) is 4.63. The van der Waals surface area contributed by atoms with Crippen molar-refractivity contribution in [1.29, 1.82) is 0 Å². The molecule has 2 rings (SSSR count). The maximum atomic E-state index is 11.2. The number of primary amides is 1. The number of nitrogens with zero attached hydrogens (tertiary/aromatic N) is 1. The number of aromatic nitrogens is 1. The molecule has 0 aromatic carbocycles. The first kappa shape index (κ1) is 9.45. The SMILES string of the molecule is NC(=O)c1cnccc1C1=CCNC=C1. The fourth-order valence-electron chi connectivity index (χ4n) is 1.50. The van der Waals surface area contributed by atoms with Crippen LogP contribution in [0.4, 0.5) is 0 Å². The van der Waals surface area contributed by atoms with Crippen molar-refractivity contribution >= 4 is 11.5 Å². The number of hydrogen-bond acceptors (Lipinski definition) is 3. The van der Waals surface area contributed by atoms with E-state index in [4.69, 9.17) is 5.73 Å². The van der Waals surface area contributed by atoms with Crippen molar-refractivity contribution in [3.8, 4) is 0 Å². The van der Waals surface area contributed by atoms with Gasteiger partial charge >= 0.3 is 0 Å². The molecule has 0 fully saturated rings. The van der Waals surface area contributed by atoms with Gasteiger partial charge in [-0.1, -0.05) is 6.08 Å². The number of carbonyl (C=O) groups excluding carboxylic acids is 1. The summed E-state index contributed by atoms with van der Waals surface area (Å²) in [6.45, 7) is 0.756. The summed E-state index contributed by atoms with van der Waals surface area (Å²) >= 11 is 0. The van der Waals surface area contributed by atoms with Gasteiger partial charge < -0.3 is 11.1 Å². The number of dihydropyridines is 1. The van der Waals surface area contributed by atoms with Crippen LogP contribution in [0.3, 0.4) is 0 Å². The maximum Gasteiger partial charge on any atom is 0.250 e. The lowest BCUT2D eigenvalue weighted by Gasteiger charge is -2.10. The van der Waals surface area contributed by atoms with Gasteiger partial charge in [-0.05, 0) is 29.5 Å². The molecule has 0 bridgehead atoms. The Morgan fingerprint density at radius 2 is 2.40 bits per heavy atom. The van der Waals surface area contributed by atoms with Crippen LogP contribution >= 0.6 is 0 Å². The Labute approximate surface area is 87.5 Å². The van der Waals surface area contributed by atoms with E-state index in [9.17, 15) is 4.79 Å². The molecule has 0 radical (unpaired) electrons. The van der Waals surface area contributed by atoms with Crippen LogP contribution in [-0.2, 0) is 0 Å². The molecule has 0 saturated heterocycles. The maximum absolute atomic E-state index is 11.2. The van der Waals surface area contributed by atoms with Crippen molar-refractivity contribution in [3.05, 3.63) is 47.9 Å². The third-order valence-corrected chi connectivity index (χ3v) is 2.22. The Morgan fingerprint density at radius 3 is 3.07 bits per heavy atom. The van der Waals surface area contributed by atoms with Gasteiger partial charge in [0.1, 0.15) is 0 Å². The second-order valence-electron chi connectivity index (χ2n) is 3.19. The van der Waals surface area contributed by atoms with E-state index < -0.39 is 5.91 Å². The molecule has 1 amide bonds. The van der Waals surface area contributed by atoms with E-state index in [2.05, 4.69) is 10.3 Å². The molecule has 1 aliphatic heterocycles. The third kappa shape index (κ3) is 1.88. The summed E-state index contributed by atoms with van der Waals surface area (Å²) in [6.07, 6.45) is 8.90. The highest BCUT2D eigenvalue weighted by Gasteiger charge is 2.10. The number of nitrogens with one attached hydrogen (secondary N) is 1. The fourth-order valence-corrected chi connectivity index (χ4v) is 1.50. The minimum Gasteiger partial charge on any atom is -0.387 e. The normalized spacial score (nSPS) is 14.3. The van der Waals surface area contributed by atoms with Gasteiger partial charge in [0.2, 0.25) is 0 Å². The molecule has 2 heterocycles. The van der Waals surface area contributed by atoms with Crippen LogP contribution in [0.5, 0.6) is 0 Å². The zero-order valence-electron chi connectivity index (χ0n) is 8.10.